The Balaban J connectivity index is 2.43. The quantitative estimate of drug-likeness (QED) is 0.625. The Kier molecular flexibility index (Phi) is 1.77. The summed E-state index contributed by atoms with van der Waals surface area (Å²) in [5.74, 6) is 1.01. The first-order valence-electron chi connectivity index (χ1n) is 4.24. The zero-order valence-electron chi connectivity index (χ0n) is 7.21. The van der Waals surface area contributed by atoms with Crippen LogP contribution in [0.2, 0.25) is 0 Å². The second kappa shape index (κ2) is 2.79. The van der Waals surface area contributed by atoms with Gasteiger partial charge in [0.15, 0.2) is 0 Å². The molecule has 0 radical (unpaired) electrons. The summed E-state index contributed by atoms with van der Waals surface area (Å²) in [5.41, 5.74) is 8.35. The lowest BCUT2D eigenvalue weighted by molar-refractivity contribution is 0.263. The average Bonchev–Trinajstić information content (AvgIpc) is 2.07. The van der Waals surface area contributed by atoms with Gasteiger partial charge in [0.25, 0.3) is 0 Å². The molecule has 2 N–H and O–H groups in total. The van der Waals surface area contributed by atoms with Crippen LogP contribution < -0.4 is 10.5 Å². The number of aryl methyl sites for hydroxylation is 1. The van der Waals surface area contributed by atoms with Gasteiger partial charge in [-0.1, -0.05) is 12.1 Å². The van der Waals surface area contributed by atoms with E-state index in [-0.39, 0.29) is 6.04 Å². The van der Waals surface area contributed by atoms with Crippen LogP contribution in [0, 0.1) is 6.92 Å². The van der Waals surface area contributed by atoms with Crippen molar-refractivity contribution in [3.05, 3.63) is 29.3 Å². The molecule has 1 aliphatic heterocycles. The average molecular weight is 163 g/mol. The minimum absolute atomic E-state index is 0.165. The van der Waals surface area contributed by atoms with Gasteiger partial charge in [0.1, 0.15) is 12.4 Å². The van der Waals surface area contributed by atoms with Gasteiger partial charge in [-0.3, -0.25) is 0 Å². The molecule has 1 aromatic rings. The lowest BCUT2D eigenvalue weighted by atomic mass is 9.99. The van der Waals surface area contributed by atoms with Crippen LogP contribution in [0.25, 0.3) is 0 Å². The van der Waals surface area contributed by atoms with Crippen molar-refractivity contribution in [2.45, 2.75) is 19.4 Å². The van der Waals surface area contributed by atoms with Gasteiger partial charge in [0.2, 0.25) is 0 Å². The summed E-state index contributed by atoms with van der Waals surface area (Å²) in [4.78, 5) is 0. The zero-order valence-corrected chi connectivity index (χ0v) is 7.21. The molecule has 1 aliphatic rings. The molecule has 0 saturated heterocycles. The molecule has 2 rings (SSSR count). The normalized spacial score (nSPS) is 21.3. The lowest BCUT2D eigenvalue weighted by Gasteiger charge is -2.23. The van der Waals surface area contributed by atoms with Crippen molar-refractivity contribution < 1.29 is 4.74 Å². The van der Waals surface area contributed by atoms with E-state index in [2.05, 4.69) is 13.0 Å². The van der Waals surface area contributed by atoms with Crippen LogP contribution in [0.5, 0.6) is 5.75 Å². The number of benzene rings is 1. The molecule has 1 atom stereocenters. The topological polar surface area (TPSA) is 35.2 Å². The number of ether oxygens (including phenoxy) is 1. The molecule has 0 aliphatic carbocycles. The molecule has 1 aromatic carbocycles. The van der Waals surface area contributed by atoms with E-state index in [0.29, 0.717) is 6.61 Å². The third-order valence-electron chi connectivity index (χ3n) is 2.29. The van der Waals surface area contributed by atoms with Crippen molar-refractivity contribution >= 4 is 0 Å². The predicted octanol–water partition coefficient (Wildman–Crippen LogP) is 1.26. The largest absolute Gasteiger partial charge is 0.492 e. The van der Waals surface area contributed by atoms with Crippen molar-refractivity contribution in [1.82, 2.24) is 0 Å². The Morgan fingerprint density at radius 2 is 2.33 bits per heavy atom. The smallest absolute Gasteiger partial charge is 0.122 e. The molecule has 0 aromatic heterocycles. The third kappa shape index (κ3) is 1.18. The first-order chi connectivity index (χ1) is 5.77. The fraction of sp³-hybridized carbons (Fsp3) is 0.400. The minimum atomic E-state index is 0.165. The summed E-state index contributed by atoms with van der Waals surface area (Å²) in [5, 5.41) is 0. The van der Waals surface area contributed by atoms with Crippen LogP contribution in [0.1, 0.15) is 11.1 Å². The second-order valence-corrected chi connectivity index (χ2v) is 3.33. The third-order valence-corrected chi connectivity index (χ3v) is 2.29. The summed E-state index contributed by atoms with van der Waals surface area (Å²) in [6.07, 6.45) is 0.946. The molecule has 0 bridgehead atoms. The SMILES string of the molecule is Cc1cccc2c1CC(N)CO2. The molecule has 2 nitrogen and oxygen atoms in total. The lowest BCUT2D eigenvalue weighted by Crippen LogP contribution is -2.34. The summed E-state index contributed by atoms with van der Waals surface area (Å²) in [6, 6.07) is 6.29. The van der Waals surface area contributed by atoms with Gasteiger partial charge in [-0.05, 0) is 30.5 Å². The fourth-order valence-electron chi connectivity index (χ4n) is 1.59. The first kappa shape index (κ1) is 7.62. The molecule has 1 heterocycles. The highest BCUT2D eigenvalue weighted by atomic mass is 16.5. The van der Waals surface area contributed by atoms with E-state index in [9.17, 15) is 0 Å². The Morgan fingerprint density at radius 3 is 3.17 bits per heavy atom. The maximum absolute atomic E-state index is 5.79. The molecular formula is C10H13NO. The van der Waals surface area contributed by atoms with Crippen molar-refractivity contribution in [1.29, 1.82) is 0 Å². The van der Waals surface area contributed by atoms with E-state index in [1.165, 1.54) is 11.1 Å². The molecule has 2 heteroatoms. The summed E-state index contributed by atoms with van der Waals surface area (Å²) in [6.45, 7) is 2.75. The van der Waals surface area contributed by atoms with E-state index in [1.807, 2.05) is 12.1 Å². The highest BCUT2D eigenvalue weighted by Crippen LogP contribution is 2.26. The zero-order chi connectivity index (χ0) is 8.55. The first-order valence-corrected chi connectivity index (χ1v) is 4.24. The van der Waals surface area contributed by atoms with E-state index < -0.39 is 0 Å². The number of nitrogens with two attached hydrogens (primary N) is 1. The van der Waals surface area contributed by atoms with E-state index in [4.69, 9.17) is 10.5 Å². The van der Waals surface area contributed by atoms with Crippen LogP contribution in [-0.4, -0.2) is 12.6 Å². The Morgan fingerprint density at radius 1 is 1.50 bits per heavy atom. The van der Waals surface area contributed by atoms with Crippen LogP contribution in [-0.2, 0) is 6.42 Å². The molecular weight excluding hydrogens is 150 g/mol. The Hall–Kier alpha value is -1.02. The molecule has 64 valence electrons. The van der Waals surface area contributed by atoms with Crippen molar-refractivity contribution in [3.63, 3.8) is 0 Å². The maximum Gasteiger partial charge on any atom is 0.122 e. The van der Waals surface area contributed by atoms with E-state index in [1.54, 1.807) is 0 Å². The maximum atomic E-state index is 5.79. The van der Waals surface area contributed by atoms with Gasteiger partial charge >= 0.3 is 0 Å². The number of fused-ring (bicyclic) bond motifs is 1. The van der Waals surface area contributed by atoms with Gasteiger partial charge in [0.05, 0.1) is 0 Å². The summed E-state index contributed by atoms with van der Waals surface area (Å²) < 4.78 is 5.49. The fourth-order valence-corrected chi connectivity index (χ4v) is 1.59. The molecule has 0 amide bonds. The van der Waals surface area contributed by atoms with Crippen molar-refractivity contribution in [3.8, 4) is 5.75 Å². The van der Waals surface area contributed by atoms with Gasteiger partial charge in [-0.25, -0.2) is 0 Å². The second-order valence-electron chi connectivity index (χ2n) is 3.33. The predicted molar refractivity (Wildman–Crippen MR) is 48.4 cm³/mol. The molecule has 0 fully saturated rings. The number of rotatable bonds is 0. The molecule has 0 spiro atoms. The Labute approximate surface area is 72.3 Å². The summed E-state index contributed by atoms with van der Waals surface area (Å²) in [7, 11) is 0. The van der Waals surface area contributed by atoms with E-state index >= 15 is 0 Å². The summed E-state index contributed by atoms with van der Waals surface area (Å²) >= 11 is 0. The minimum Gasteiger partial charge on any atom is -0.492 e. The monoisotopic (exact) mass is 163 g/mol. The van der Waals surface area contributed by atoms with Crippen molar-refractivity contribution in [2.75, 3.05) is 6.61 Å². The van der Waals surface area contributed by atoms with Crippen LogP contribution in [0.15, 0.2) is 18.2 Å². The van der Waals surface area contributed by atoms with Gasteiger partial charge in [-0.15, -0.1) is 0 Å². The molecule has 1 unspecified atom stereocenters. The van der Waals surface area contributed by atoms with Crippen LogP contribution >= 0.6 is 0 Å². The molecule has 0 saturated carbocycles. The van der Waals surface area contributed by atoms with Gasteiger partial charge < -0.3 is 10.5 Å². The number of hydrogen-bond donors (Lipinski definition) is 1. The standard InChI is InChI=1S/C10H13NO/c1-7-3-2-4-10-9(7)5-8(11)6-12-10/h2-4,8H,5-6,11H2,1H3. The highest BCUT2D eigenvalue weighted by Gasteiger charge is 2.17. The van der Waals surface area contributed by atoms with Gasteiger partial charge in [0, 0.05) is 6.04 Å². The van der Waals surface area contributed by atoms with E-state index in [0.717, 1.165) is 12.2 Å². The number of hydrogen-bond acceptors (Lipinski definition) is 2. The van der Waals surface area contributed by atoms with Gasteiger partial charge in [-0.2, -0.15) is 0 Å². The Bertz CT molecular complexity index is 296. The van der Waals surface area contributed by atoms with Crippen molar-refractivity contribution in [2.24, 2.45) is 5.73 Å². The highest BCUT2D eigenvalue weighted by molar-refractivity contribution is 5.41. The van der Waals surface area contributed by atoms with Crippen LogP contribution in [0.4, 0.5) is 0 Å². The molecule has 12 heavy (non-hydrogen) atoms. The van der Waals surface area contributed by atoms with Crippen LogP contribution in [0.3, 0.4) is 0 Å².